The van der Waals surface area contributed by atoms with Crippen molar-refractivity contribution < 1.29 is 4.84 Å². The summed E-state index contributed by atoms with van der Waals surface area (Å²) in [5.74, 6) is 5.15. The summed E-state index contributed by atoms with van der Waals surface area (Å²) in [5, 5.41) is 2.09. The molecule has 1 rings (SSSR count). The minimum atomic E-state index is -0.348. The number of aryl methyl sites for hydroxylation is 1. The number of hydrogen-bond donors (Lipinski definition) is 1. The van der Waals surface area contributed by atoms with Crippen LogP contribution in [0.4, 0.5) is 0 Å². The zero-order valence-corrected chi connectivity index (χ0v) is 7.87. The van der Waals surface area contributed by atoms with E-state index in [9.17, 15) is 0 Å². The Morgan fingerprint density at radius 3 is 2.55 bits per heavy atom. The zero-order chi connectivity index (χ0) is 8.48. The van der Waals surface area contributed by atoms with E-state index in [0.29, 0.717) is 0 Å². The van der Waals surface area contributed by atoms with E-state index in [2.05, 4.69) is 18.4 Å². The van der Waals surface area contributed by atoms with Crippen LogP contribution in [0.1, 0.15) is 24.3 Å². The molecular weight excluding hydrogens is 158 g/mol. The van der Waals surface area contributed by atoms with E-state index in [1.54, 1.807) is 11.3 Å². The molecule has 0 amide bonds. The van der Waals surface area contributed by atoms with Crippen molar-refractivity contribution in [1.82, 2.24) is 0 Å². The first-order valence-corrected chi connectivity index (χ1v) is 4.38. The Kier molecular flexibility index (Phi) is 2.32. The predicted octanol–water partition coefficient (Wildman–Crippen LogP) is 2.18. The summed E-state index contributed by atoms with van der Waals surface area (Å²) in [7, 11) is 0. The van der Waals surface area contributed by atoms with Crippen LogP contribution in [0.3, 0.4) is 0 Å². The Balaban J connectivity index is 2.92. The molecule has 1 aromatic heterocycles. The second kappa shape index (κ2) is 2.93. The van der Waals surface area contributed by atoms with Gasteiger partial charge >= 0.3 is 0 Å². The standard InChI is InChI=1S/C8H13NOS/c1-6-4-7(11-5-6)8(2,3)10-9/h4-5H,9H2,1-3H3. The number of rotatable bonds is 2. The predicted molar refractivity (Wildman–Crippen MR) is 47.4 cm³/mol. The highest BCUT2D eigenvalue weighted by Gasteiger charge is 2.21. The lowest BCUT2D eigenvalue weighted by molar-refractivity contribution is -0.0208. The monoisotopic (exact) mass is 171 g/mol. The lowest BCUT2D eigenvalue weighted by Crippen LogP contribution is -2.23. The Morgan fingerprint density at radius 1 is 1.55 bits per heavy atom. The maximum Gasteiger partial charge on any atom is 0.118 e. The largest absolute Gasteiger partial charge is 0.293 e. The van der Waals surface area contributed by atoms with Gasteiger partial charge in [-0.15, -0.1) is 11.3 Å². The molecule has 0 saturated heterocycles. The first-order valence-electron chi connectivity index (χ1n) is 3.50. The highest BCUT2D eigenvalue weighted by Crippen LogP contribution is 2.28. The van der Waals surface area contributed by atoms with Gasteiger partial charge in [0.1, 0.15) is 5.60 Å². The number of hydrogen-bond acceptors (Lipinski definition) is 3. The molecule has 0 atom stereocenters. The average Bonchev–Trinajstić information content (AvgIpc) is 2.36. The van der Waals surface area contributed by atoms with E-state index in [1.807, 2.05) is 13.8 Å². The Hall–Kier alpha value is -0.380. The van der Waals surface area contributed by atoms with Gasteiger partial charge in [0.2, 0.25) is 0 Å². The lowest BCUT2D eigenvalue weighted by atomic mass is 10.1. The minimum absolute atomic E-state index is 0.348. The molecule has 1 aromatic rings. The summed E-state index contributed by atoms with van der Waals surface area (Å²) in [6, 6.07) is 2.09. The summed E-state index contributed by atoms with van der Waals surface area (Å²) in [6.07, 6.45) is 0. The second-order valence-electron chi connectivity index (χ2n) is 3.12. The molecule has 2 N–H and O–H groups in total. The number of thiophene rings is 1. The topological polar surface area (TPSA) is 35.2 Å². The van der Waals surface area contributed by atoms with Crippen molar-refractivity contribution in [3.05, 3.63) is 21.9 Å². The Bertz CT molecular complexity index is 242. The van der Waals surface area contributed by atoms with Gasteiger partial charge < -0.3 is 0 Å². The number of nitrogens with two attached hydrogens (primary N) is 1. The Morgan fingerprint density at radius 2 is 2.18 bits per heavy atom. The molecule has 0 bridgehead atoms. The minimum Gasteiger partial charge on any atom is -0.293 e. The van der Waals surface area contributed by atoms with Crippen LogP contribution in [0.15, 0.2) is 11.4 Å². The van der Waals surface area contributed by atoms with Crippen LogP contribution in [0, 0.1) is 6.92 Å². The molecule has 0 fully saturated rings. The molecule has 0 aliphatic heterocycles. The van der Waals surface area contributed by atoms with E-state index >= 15 is 0 Å². The van der Waals surface area contributed by atoms with Gasteiger partial charge in [-0.25, -0.2) is 5.90 Å². The highest BCUT2D eigenvalue weighted by molar-refractivity contribution is 7.10. The van der Waals surface area contributed by atoms with Gasteiger partial charge in [-0.3, -0.25) is 4.84 Å². The third-order valence-corrected chi connectivity index (χ3v) is 2.97. The molecule has 0 unspecified atom stereocenters. The van der Waals surface area contributed by atoms with Crippen LogP contribution in [-0.2, 0) is 10.4 Å². The molecular formula is C8H13NOS. The first kappa shape index (κ1) is 8.71. The van der Waals surface area contributed by atoms with Gasteiger partial charge in [0.05, 0.1) is 0 Å². The Labute approximate surface area is 70.9 Å². The fourth-order valence-corrected chi connectivity index (χ4v) is 1.77. The smallest absolute Gasteiger partial charge is 0.118 e. The van der Waals surface area contributed by atoms with E-state index in [0.717, 1.165) is 4.88 Å². The molecule has 0 spiro atoms. The van der Waals surface area contributed by atoms with Gasteiger partial charge in [-0.1, -0.05) is 0 Å². The lowest BCUT2D eigenvalue weighted by Gasteiger charge is -2.19. The SMILES string of the molecule is Cc1csc(C(C)(C)ON)c1. The van der Waals surface area contributed by atoms with E-state index < -0.39 is 0 Å². The maximum absolute atomic E-state index is 5.15. The molecule has 3 heteroatoms. The summed E-state index contributed by atoms with van der Waals surface area (Å²) in [6.45, 7) is 5.98. The first-order chi connectivity index (χ1) is 5.06. The van der Waals surface area contributed by atoms with E-state index in [4.69, 9.17) is 10.7 Å². The summed E-state index contributed by atoms with van der Waals surface area (Å²) in [5.41, 5.74) is 0.911. The summed E-state index contributed by atoms with van der Waals surface area (Å²) in [4.78, 5) is 6.01. The van der Waals surface area contributed by atoms with Crippen LogP contribution in [0.2, 0.25) is 0 Å². The second-order valence-corrected chi connectivity index (χ2v) is 4.03. The summed E-state index contributed by atoms with van der Waals surface area (Å²) < 4.78 is 0. The van der Waals surface area contributed by atoms with Crippen LogP contribution in [0.25, 0.3) is 0 Å². The van der Waals surface area contributed by atoms with Gasteiger partial charge in [-0.05, 0) is 37.8 Å². The fraction of sp³-hybridized carbons (Fsp3) is 0.500. The van der Waals surface area contributed by atoms with Crippen LogP contribution < -0.4 is 5.90 Å². The molecule has 2 nitrogen and oxygen atoms in total. The van der Waals surface area contributed by atoms with Crippen molar-refractivity contribution in [2.75, 3.05) is 0 Å². The van der Waals surface area contributed by atoms with Gasteiger partial charge in [0, 0.05) is 4.88 Å². The molecule has 1 heterocycles. The van der Waals surface area contributed by atoms with Gasteiger partial charge in [0.25, 0.3) is 0 Å². The molecule has 0 aromatic carbocycles. The quantitative estimate of drug-likeness (QED) is 0.692. The van der Waals surface area contributed by atoms with Gasteiger partial charge in [0.15, 0.2) is 0 Å². The van der Waals surface area contributed by atoms with Crippen LogP contribution in [0.5, 0.6) is 0 Å². The van der Waals surface area contributed by atoms with Crippen molar-refractivity contribution in [3.63, 3.8) is 0 Å². The van der Waals surface area contributed by atoms with Crippen molar-refractivity contribution in [3.8, 4) is 0 Å². The third kappa shape index (κ3) is 1.80. The van der Waals surface area contributed by atoms with Crippen LogP contribution >= 0.6 is 11.3 Å². The van der Waals surface area contributed by atoms with Crippen molar-refractivity contribution >= 4 is 11.3 Å². The zero-order valence-electron chi connectivity index (χ0n) is 7.05. The van der Waals surface area contributed by atoms with Crippen molar-refractivity contribution in [2.45, 2.75) is 26.4 Å². The fourth-order valence-electron chi connectivity index (χ4n) is 0.805. The normalized spacial score (nSPS) is 12.0. The van der Waals surface area contributed by atoms with Crippen molar-refractivity contribution in [1.29, 1.82) is 0 Å². The van der Waals surface area contributed by atoms with E-state index in [1.165, 1.54) is 5.56 Å². The molecule has 0 saturated carbocycles. The van der Waals surface area contributed by atoms with E-state index in [-0.39, 0.29) is 5.60 Å². The van der Waals surface area contributed by atoms with Crippen LogP contribution in [-0.4, -0.2) is 0 Å². The molecule has 62 valence electrons. The highest BCUT2D eigenvalue weighted by atomic mass is 32.1. The van der Waals surface area contributed by atoms with Crippen molar-refractivity contribution in [2.24, 2.45) is 5.90 Å². The molecule has 0 radical (unpaired) electrons. The van der Waals surface area contributed by atoms with Gasteiger partial charge in [-0.2, -0.15) is 0 Å². The molecule has 0 aliphatic carbocycles. The molecule has 0 aliphatic rings. The summed E-state index contributed by atoms with van der Waals surface area (Å²) >= 11 is 1.68. The molecule has 11 heavy (non-hydrogen) atoms. The average molecular weight is 171 g/mol. The maximum atomic E-state index is 5.15. The third-order valence-electron chi connectivity index (χ3n) is 1.62.